The van der Waals surface area contributed by atoms with Crippen molar-refractivity contribution < 1.29 is 9.90 Å². The van der Waals surface area contributed by atoms with Crippen molar-refractivity contribution >= 4 is 17.1 Å². The fourth-order valence-corrected chi connectivity index (χ4v) is 2.94. The molecule has 0 amide bonds. The highest BCUT2D eigenvalue weighted by molar-refractivity contribution is 7.11. The zero-order valence-corrected chi connectivity index (χ0v) is 9.59. The van der Waals surface area contributed by atoms with Crippen molar-refractivity contribution in [1.82, 2.24) is 4.98 Å². The van der Waals surface area contributed by atoms with Crippen LogP contribution in [-0.4, -0.2) is 22.0 Å². The zero-order chi connectivity index (χ0) is 10.8. The van der Waals surface area contributed by atoms with Gasteiger partial charge in [0.25, 0.3) is 0 Å². The van der Waals surface area contributed by atoms with Crippen LogP contribution in [0.15, 0.2) is 6.20 Å². The summed E-state index contributed by atoms with van der Waals surface area (Å²) in [5.74, 6) is 0.321. The van der Waals surface area contributed by atoms with E-state index in [0.717, 1.165) is 17.8 Å². The molecule has 2 unspecified atom stereocenters. The van der Waals surface area contributed by atoms with Crippen molar-refractivity contribution in [1.29, 1.82) is 0 Å². The van der Waals surface area contributed by atoms with Crippen molar-refractivity contribution in [3.05, 3.63) is 16.1 Å². The minimum Gasteiger partial charge on any atom is -0.385 e. The molecular weight excluding hydrogens is 210 g/mol. The lowest BCUT2D eigenvalue weighted by Crippen LogP contribution is -2.27. The van der Waals surface area contributed by atoms with Gasteiger partial charge in [0.1, 0.15) is 6.10 Å². The summed E-state index contributed by atoms with van der Waals surface area (Å²) in [6.07, 6.45) is 4.04. The third kappa shape index (κ3) is 2.26. The Bertz CT molecular complexity index is 361. The van der Waals surface area contributed by atoms with E-state index in [1.54, 1.807) is 11.3 Å². The molecule has 1 fully saturated rings. The second kappa shape index (κ2) is 4.41. The van der Waals surface area contributed by atoms with Crippen LogP contribution in [0.1, 0.15) is 42.0 Å². The topological polar surface area (TPSA) is 50.2 Å². The number of ketones is 1. The summed E-state index contributed by atoms with van der Waals surface area (Å²) in [5, 5.41) is 10.6. The smallest absolute Gasteiger partial charge is 0.161 e. The summed E-state index contributed by atoms with van der Waals surface area (Å²) in [5.41, 5.74) is 0. The molecule has 1 aliphatic rings. The summed E-state index contributed by atoms with van der Waals surface area (Å²) in [6, 6.07) is 0. The largest absolute Gasteiger partial charge is 0.385 e. The van der Waals surface area contributed by atoms with Crippen LogP contribution in [0.5, 0.6) is 0 Å². The monoisotopic (exact) mass is 225 g/mol. The van der Waals surface area contributed by atoms with Crippen molar-refractivity contribution in [2.75, 3.05) is 0 Å². The highest BCUT2D eigenvalue weighted by Gasteiger charge is 2.28. The van der Waals surface area contributed by atoms with Gasteiger partial charge in [-0.05, 0) is 25.2 Å². The standard InChI is InChI=1S/C11H15NO2S/c1-2-11-12-6-10(15-11)7-3-4-8(13)9(14)5-7/h6-7,9,14H,2-5H2,1H3. The molecule has 15 heavy (non-hydrogen) atoms. The van der Waals surface area contributed by atoms with Crippen LogP contribution < -0.4 is 0 Å². The summed E-state index contributed by atoms with van der Waals surface area (Å²) in [6.45, 7) is 2.09. The maximum absolute atomic E-state index is 11.2. The minimum atomic E-state index is -0.754. The fraction of sp³-hybridized carbons (Fsp3) is 0.636. The molecule has 0 saturated heterocycles. The number of thiazole rings is 1. The zero-order valence-electron chi connectivity index (χ0n) is 8.77. The van der Waals surface area contributed by atoms with E-state index >= 15 is 0 Å². The van der Waals surface area contributed by atoms with Gasteiger partial charge in [-0.2, -0.15) is 0 Å². The molecule has 1 aliphatic carbocycles. The number of aryl methyl sites for hydroxylation is 1. The summed E-state index contributed by atoms with van der Waals surface area (Å²) < 4.78 is 0. The number of nitrogens with zero attached hydrogens (tertiary/aromatic N) is 1. The van der Waals surface area contributed by atoms with Gasteiger partial charge in [-0.15, -0.1) is 11.3 Å². The number of aliphatic hydroxyl groups is 1. The average Bonchev–Trinajstić information content (AvgIpc) is 2.70. The second-order valence-electron chi connectivity index (χ2n) is 3.96. The molecule has 1 saturated carbocycles. The lowest BCUT2D eigenvalue weighted by molar-refractivity contribution is -0.129. The van der Waals surface area contributed by atoms with E-state index in [-0.39, 0.29) is 5.78 Å². The number of hydrogen-bond donors (Lipinski definition) is 1. The quantitative estimate of drug-likeness (QED) is 0.836. The first-order valence-electron chi connectivity index (χ1n) is 5.36. The lowest BCUT2D eigenvalue weighted by atomic mass is 9.86. The first-order chi connectivity index (χ1) is 7.20. The van der Waals surface area contributed by atoms with E-state index in [1.807, 2.05) is 6.20 Å². The minimum absolute atomic E-state index is 0.00789. The Hall–Kier alpha value is -0.740. The summed E-state index contributed by atoms with van der Waals surface area (Å²) in [7, 11) is 0. The molecule has 0 spiro atoms. The van der Waals surface area contributed by atoms with Crippen LogP contribution in [-0.2, 0) is 11.2 Å². The molecule has 1 N–H and O–H groups in total. The maximum Gasteiger partial charge on any atom is 0.161 e. The molecular formula is C11H15NO2S. The Labute approximate surface area is 93.2 Å². The third-order valence-electron chi connectivity index (χ3n) is 2.89. The Morgan fingerprint density at radius 2 is 2.47 bits per heavy atom. The predicted octanol–water partition coefficient (Wildman–Crippen LogP) is 1.90. The Morgan fingerprint density at radius 1 is 1.67 bits per heavy atom. The normalized spacial score (nSPS) is 26.9. The van der Waals surface area contributed by atoms with Crippen LogP contribution >= 0.6 is 11.3 Å². The van der Waals surface area contributed by atoms with Crippen LogP contribution in [0.2, 0.25) is 0 Å². The number of carbonyl (C=O) groups excluding carboxylic acids is 1. The van der Waals surface area contributed by atoms with Crippen molar-refractivity contribution in [3.63, 3.8) is 0 Å². The first kappa shape index (κ1) is 10.8. The highest BCUT2D eigenvalue weighted by Crippen LogP contribution is 2.34. The number of aliphatic hydroxyl groups excluding tert-OH is 1. The molecule has 0 radical (unpaired) electrons. The molecule has 2 rings (SSSR count). The molecule has 82 valence electrons. The molecule has 0 bridgehead atoms. The van der Waals surface area contributed by atoms with E-state index in [1.165, 1.54) is 4.88 Å². The highest BCUT2D eigenvalue weighted by atomic mass is 32.1. The number of Topliss-reactive ketones (excluding diaryl/α,β-unsaturated/α-hetero) is 1. The van der Waals surface area contributed by atoms with Crippen molar-refractivity contribution in [3.8, 4) is 0 Å². The summed E-state index contributed by atoms with van der Waals surface area (Å²) >= 11 is 1.71. The maximum atomic E-state index is 11.2. The molecule has 2 atom stereocenters. The van der Waals surface area contributed by atoms with E-state index in [4.69, 9.17) is 0 Å². The van der Waals surface area contributed by atoms with Crippen LogP contribution in [0.25, 0.3) is 0 Å². The molecule has 0 aliphatic heterocycles. The van der Waals surface area contributed by atoms with Gasteiger partial charge in [-0.3, -0.25) is 4.79 Å². The van der Waals surface area contributed by atoms with Gasteiger partial charge in [0.15, 0.2) is 5.78 Å². The van der Waals surface area contributed by atoms with Crippen LogP contribution in [0.4, 0.5) is 0 Å². The fourth-order valence-electron chi connectivity index (χ4n) is 1.94. The Kier molecular flexibility index (Phi) is 3.17. The van der Waals surface area contributed by atoms with E-state index in [0.29, 0.717) is 18.8 Å². The molecule has 3 nitrogen and oxygen atoms in total. The average molecular weight is 225 g/mol. The van der Waals surface area contributed by atoms with Gasteiger partial charge < -0.3 is 5.11 Å². The van der Waals surface area contributed by atoms with Gasteiger partial charge in [0, 0.05) is 17.5 Å². The van der Waals surface area contributed by atoms with Crippen LogP contribution in [0.3, 0.4) is 0 Å². The second-order valence-corrected chi connectivity index (χ2v) is 5.11. The van der Waals surface area contributed by atoms with E-state index in [2.05, 4.69) is 11.9 Å². The summed E-state index contributed by atoms with van der Waals surface area (Å²) in [4.78, 5) is 16.7. The van der Waals surface area contributed by atoms with Gasteiger partial charge in [0.05, 0.1) is 5.01 Å². The van der Waals surface area contributed by atoms with Crippen molar-refractivity contribution in [2.24, 2.45) is 0 Å². The lowest BCUT2D eigenvalue weighted by Gasteiger charge is -2.23. The Morgan fingerprint density at radius 3 is 3.07 bits per heavy atom. The van der Waals surface area contributed by atoms with E-state index < -0.39 is 6.10 Å². The molecule has 1 aromatic rings. The number of rotatable bonds is 2. The van der Waals surface area contributed by atoms with Crippen molar-refractivity contribution in [2.45, 2.75) is 44.6 Å². The van der Waals surface area contributed by atoms with E-state index in [9.17, 15) is 9.90 Å². The van der Waals surface area contributed by atoms with Gasteiger partial charge >= 0.3 is 0 Å². The SMILES string of the molecule is CCc1ncc(C2CCC(=O)C(O)C2)s1. The van der Waals surface area contributed by atoms with Gasteiger partial charge in [-0.1, -0.05) is 6.92 Å². The predicted molar refractivity (Wildman–Crippen MR) is 59.1 cm³/mol. The third-order valence-corrected chi connectivity index (χ3v) is 4.20. The number of carbonyl (C=O) groups is 1. The number of hydrogen-bond acceptors (Lipinski definition) is 4. The Balaban J connectivity index is 2.08. The number of aromatic nitrogens is 1. The van der Waals surface area contributed by atoms with Gasteiger partial charge in [0.2, 0.25) is 0 Å². The molecule has 4 heteroatoms. The first-order valence-corrected chi connectivity index (χ1v) is 6.17. The molecule has 1 heterocycles. The van der Waals surface area contributed by atoms with Crippen LogP contribution in [0, 0.1) is 0 Å². The molecule has 0 aromatic carbocycles. The molecule has 1 aromatic heterocycles. The van der Waals surface area contributed by atoms with Gasteiger partial charge in [-0.25, -0.2) is 4.98 Å².